The number of ether oxygens (including phenoxy) is 2. The van der Waals surface area contributed by atoms with E-state index in [0.717, 1.165) is 11.4 Å². The minimum absolute atomic E-state index is 0. The highest BCUT2D eigenvalue weighted by atomic mass is 35.6. The lowest BCUT2D eigenvalue weighted by Gasteiger charge is -1.92. The first-order valence-corrected chi connectivity index (χ1v) is 7.26. The monoisotopic (exact) mass is 392 g/mol. The molecule has 0 aliphatic heterocycles. The molecule has 10 heteroatoms. The molecule has 0 bridgehead atoms. The second-order valence-electron chi connectivity index (χ2n) is 3.39. The summed E-state index contributed by atoms with van der Waals surface area (Å²) in [5.74, 6) is 0. The number of halogens is 4. The average Bonchev–Trinajstić information content (AvgIpc) is 3.04. The standard InChI is InChI=1S/C5H7ClN2O.C5H8N2O.CHCl3.CH4/c1-9-3-5-4(6)2-7-8-5;1-8-4-5-2-3-6-7-5;2-1(3)4;/h2H,3H2,1H3,(H,7,8);2-3H,4H2,1H3,(H,6,7);1H;1H4. The molecule has 2 rings (SSSR count). The molecule has 22 heavy (non-hydrogen) atoms. The molecule has 2 N–H and O–H groups in total. The van der Waals surface area contributed by atoms with E-state index in [-0.39, 0.29) is 7.43 Å². The Morgan fingerprint density at radius 3 is 2.05 bits per heavy atom. The molecule has 0 aliphatic rings. The van der Waals surface area contributed by atoms with Crippen molar-refractivity contribution in [2.24, 2.45) is 0 Å². The van der Waals surface area contributed by atoms with Crippen molar-refractivity contribution in [1.29, 1.82) is 0 Å². The van der Waals surface area contributed by atoms with E-state index in [2.05, 4.69) is 20.4 Å². The fourth-order valence-electron chi connectivity index (χ4n) is 1.06. The van der Waals surface area contributed by atoms with Gasteiger partial charge in [0.15, 0.2) is 4.30 Å². The van der Waals surface area contributed by atoms with E-state index in [4.69, 9.17) is 55.9 Å². The Kier molecular flexibility index (Phi) is 16.6. The molecule has 2 heterocycles. The maximum absolute atomic E-state index is 5.64. The molecule has 0 atom stereocenters. The number of nitrogens with zero attached hydrogens (tertiary/aromatic N) is 2. The van der Waals surface area contributed by atoms with Crippen LogP contribution >= 0.6 is 46.4 Å². The maximum Gasteiger partial charge on any atom is 0.180 e. The van der Waals surface area contributed by atoms with Crippen molar-refractivity contribution in [3.63, 3.8) is 0 Å². The molecule has 0 spiro atoms. The Bertz CT molecular complexity index is 449. The van der Waals surface area contributed by atoms with Crippen LogP contribution in [0.15, 0.2) is 18.5 Å². The van der Waals surface area contributed by atoms with Crippen LogP contribution < -0.4 is 0 Å². The molecule has 0 saturated heterocycles. The lowest BCUT2D eigenvalue weighted by atomic mass is 10.5. The van der Waals surface area contributed by atoms with Crippen molar-refractivity contribution < 1.29 is 9.47 Å². The van der Waals surface area contributed by atoms with Gasteiger partial charge in [0.1, 0.15) is 0 Å². The highest BCUT2D eigenvalue weighted by Gasteiger charge is 1.98. The molecule has 0 aliphatic carbocycles. The summed E-state index contributed by atoms with van der Waals surface area (Å²) in [7, 11) is 3.26. The number of hydrogen-bond donors (Lipinski definition) is 2. The summed E-state index contributed by atoms with van der Waals surface area (Å²) < 4.78 is 8.88. The number of alkyl halides is 3. The number of H-pyrrole nitrogens is 2. The second-order valence-corrected chi connectivity index (χ2v) is 5.78. The Morgan fingerprint density at radius 2 is 1.68 bits per heavy atom. The molecule has 2 aromatic rings. The Labute approximate surface area is 150 Å². The minimum atomic E-state index is -0.750. The van der Waals surface area contributed by atoms with Crippen LogP contribution in [0, 0.1) is 0 Å². The van der Waals surface area contributed by atoms with Crippen LogP contribution in [0.1, 0.15) is 18.8 Å². The third kappa shape index (κ3) is 13.2. The van der Waals surface area contributed by atoms with Crippen LogP contribution in [0.5, 0.6) is 0 Å². The predicted octanol–water partition coefficient (Wildman–Crippen LogP) is 4.39. The van der Waals surface area contributed by atoms with Gasteiger partial charge in [-0.3, -0.25) is 10.2 Å². The van der Waals surface area contributed by atoms with Gasteiger partial charge in [-0.2, -0.15) is 10.2 Å². The first-order chi connectivity index (χ1) is 10.0. The summed E-state index contributed by atoms with van der Waals surface area (Å²) in [6.07, 6.45) is 3.25. The van der Waals surface area contributed by atoms with Gasteiger partial charge in [-0.1, -0.05) is 53.8 Å². The van der Waals surface area contributed by atoms with Crippen molar-refractivity contribution in [3.05, 3.63) is 34.9 Å². The maximum atomic E-state index is 5.64. The number of hydrogen-bond acceptors (Lipinski definition) is 4. The van der Waals surface area contributed by atoms with Crippen LogP contribution in [0.25, 0.3) is 0 Å². The highest BCUT2D eigenvalue weighted by Crippen LogP contribution is 2.11. The van der Waals surface area contributed by atoms with E-state index in [1.807, 2.05) is 6.07 Å². The normalized spacial score (nSPS) is 9.23. The zero-order valence-electron chi connectivity index (χ0n) is 11.4. The molecule has 0 aromatic carbocycles. The summed E-state index contributed by atoms with van der Waals surface area (Å²) in [6, 6.07) is 1.88. The van der Waals surface area contributed by atoms with Crippen LogP contribution in [0.3, 0.4) is 0 Å². The van der Waals surface area contributed by atoms with Gasteiger partial charge >= 0.3 is 0 Å². The number of aromatic amines is 2. The van der Waals surface area contributed by atoms with Crippen molar-refractivity contribution in [1.82, 2.24) is 20.4 Å². The van der Waals surface area contributed by atoms with Crippen LogP contribution in [-0.2, 0) is 22.7 Å². The third-order valence-electron chi connectivity index (χ3n) is 1.81. The summed E-state index contributed by atoms with van der Waals surface area (Å²) in [6.45, 7) is 1.10. The van der Waals surface area contributed by atoms with Crippen molar-refractivity contribution >= 4 is 46.4 Å². The fourth-order valence-corrected chi connectivity index (χ4v) is 1.21. The van der Waals surface area contributed by atoms with Crippen molar-refractivity contribution in [2.75, 3.05) is 14.2 Å². The molecular formula is C12H20Cl4N4O2. The van der Waals surface area contributed by atoms with E-state index in [1.54, 1.807) is 26.6 Å². The zero-order chi connectivity index (χ0) is 16.1. The lowest BCUT2D eigenvalue weighted by Crippen LogP contribution is -1.87. The van der Waals surface area contributed by atoms with Crippen LogP contribution in [0.4, 0.5) is 0 Å². The van der Waals surface area contributed by atoms with E-state index in [9.17, 15) is 0 Å². The van der Waals surface area contributed by atoms with E-state index in [1.165, 1.54) is 0 Å². The zero-order valence-corrected chi connectivity index (χ0v) is 14.5. The Morgan fingerprint density at radius 1 is 1.09 bits per heavy atom. The number of methoxy groups -OCH3 is 2. The average molecular weight is 394 g/mol. The highest BCUT2D eigenvalue weighted by molar-refractivity contribution is 6.63. The summed E-state index contributed by atoms with van der Waals surface area (Å²) >= 11 is 20.1. The van der Waals surface area contributed by atoms with Gasteiger partial charge in [-0.25, -0.2) is 0 Å². The predicted molar refractivity (Wildman–Crippen MR) is 91.7 cm³/mol. The second kappa shape index (κ2) is 15.4. The molecule has 0 amide bonds. The van der Waals surface area contributed by atoms with Crippen LogP contribution in [0.2, 0.25) is 5.02 Å². The first kappa shape index (κ1) is 23.8. The topological polar surface area (TPSA) is 75.8 Å². The molecule has 0 saturated carbocycles. The fraction of sp³-hybridized carbons (Fsp3) is 0.500. The summed E-state index contributed by atoms with van der Waals surface area (Å²) in [5, 5.41) is 13.5. The van der Waals surface area contributed by atoms with E-state index in [0.29, 0.717) is 18.2 Å². The smallest absolute Gasteiger partial charge is 0.180 e. The van der Waals surface area contributed by atoms with Gasteiger partial charge in [0.25, 0.3) is 0 Å². The molecule has 2 aromatic heterocycles. The molecule has 0 radical (unpaired) electrons. The largest absolute Gasteiger partial charge is 0.378 e. The van der Waals surface area contributed by atoms with Crippen molar-refractivity contribution in [3.8, 4) is 0 Å². The van der Waals surface area contributed by atoms with Gasteiger partial charge in [-0.15, -0.1) is 0 Å². The van der Waals surface area contributed by atoms with E-state index >= 15 is 0 Å². The molecule has 6 nitrogen and oxygen atoms in total. The summed E-state index contributed by atoms with van der Waals surface area (Å²) in [4.78, 5) is 0. The van der Waals surface area contributed by atoms with Gasteiger partial charge in [-0.05, 0) is 6.07 Å². The quantitative estimate of drug-likeness (QED) is 0.755. The minimum Gasteiger partial charge on any atom is -0.378 e. The number of rotatable bonds is 4. The molecular weight excluding hydrogens is 374 g/mol. The van der Waals surface area contributed by atoms with Gasteiger partial charge in [0.2, 0.25) is 0 Å². The SMILES string of the molecule is C.COCc1[nH]ncc1Cl.COCc1ccn[nH]1.ClC(Cl)Cl. The van der Waals surface area contributed by atoms with Gasteiger partial charge in [0, 0.05) is 20.4 Å². The van der Waals surface area contributed by atoms with Crippen molar-refractivity contribution in [2.45, 2.75) is 24.9 Å². The first-order valence-electron chi connectivity index (χ1n) is 5.57. The van der Waals surface area contributed by atoms with E-state index < -0.39 is 4.30 Å². The van der Waals surface area contributed by atoms with Gasteiger partial charge in [0.05, 0.1) is 35.8 Å². The third-order valence-corrected chi connectivity index (χ3v) is 2.14. The molecule has 128 valence electrons. The Balaban J connectivity index is 0. The Hall–Kier alpha value is -0.500. The van der Waals surface area contributed by atoms with Gasteiger partial charge < -0.3 is 9.47 Å². The number of nitrogens with one attached hydrogen (secondary N) is 2. The summed E-state index contributed by atoms with van der Waals surface area (Å²) in [5.41, 5.74) is 1.83. The van der Waals surface area contributed by atoms with Crippen LogP contribution in [-0.4, -0.2) is 38.9 Å². The molecule has 0 unspecified atom stereocenters. The number of aromatic nitrogens is 4. The molecule has 0 fully saturated rings. The lowest BCUT2D eigenvalue weighted by molar-refractivity contribution is 0.181.